The lowest BCUT2D eigenvalue weighted by atomic mass is 10.3. The third-order valence-electron chi connectivity index (χ3n) is 2.17. The van der Waals surface area contributed by atoms with E-state index in [0.717, 1.165) is 32.5 Å². The van der Waals surface area contributed by atoms with E-state index in [2.05, 4.69) is 24.4 Å². The van der Waals surface area contributed by atoms with Crippen molar-refractivity contribution in [2.24, 2.45) is 5.73 Å². The number of nitrogens with two attached hydrogens (primary N) is 1. The number of hydrogen-bond donors (Lipinski definition) is 2. The van der Waals surface area contributed by atoms with Crippen molar-refractivity contribution >= 4 is 11.3 Å². The molecule has 1 aromatic rings. The molecule has 0 aliphatic rings. The summed E-state index contributed by atoms with van der Waals surface area (Å²) < 4.78 is 0. The average molecular weight is 212 g/mol. The van der Waals surface area contributed by atoms with Crippen LogP contribution < -0.4 is 11.1 Å². The summed E-state index contributed by atoms with van der Waals surface area (Å²) in [5.74, 6) is 0. The maximum atomic E-state index is 5.42. The summed E-state index contributed by atoms with van der Waals surface area (Å²) in [6.45, 7) is 5.09. The zero-order valence-electron chi connectivity index (χ0n) is 8.88. The molecule has 0 atom stereocenters. The van der Waals surface area contributed by atoms with Crippen LogP contribution in [0.25, 0.3) is 0 Å². The lowest BCUT2D eigenvalue weighted by molar-refractivity contribution is 0.631. The monoisotopic (exact) mass is 212 g/mol. The molecule has 0 aliphatic heterocycles. The predicted octanol–water partition coefficient (Wildman–Crippen LogP) is 2.14. The van der Waals surface area contributed by atoms with E-state index in [0.29, 0.717) is 0 Å². The van der Waals surface area contributed by atoms with Gasteiger partial charge in [-0.3, -0.25) is 0 Å². The highest BCUT2D eigenvalue weighted by Gasteiger charge is 1.97. The van der Waals surface area contributed by atoms with Crippen LogP contribution >= 0.6 is 11.3 Å². The SMILES string of the molecule is CCc1ccc(CNCCCCN)s1. The van der Waals surface area contributed by atoms with Crippen LogP contribution in [0.15, 0.2) is 12.1 Å². The number of nitrogens with one attached hydrogen (secondary N) is 1. The summed E-state index contributed by atoms with van der Waals surface area (Å²) in [5, 5.41) is 3.43. The molecule has 3 heteroatoms. The summed E-state index contributed by atoms with van der Waals surface area (Å²) >= 11 is 1.91. The molecule has 0 saturated carbocycles. The lowest BCUT2D eigenvalue weighted by Gasteiger charge is -2.01. The summed E-state index contributed by atoms with van der Waals surface area (Å²) in [6, 6.07) is 4.45. The first-order valence-electron chi connectivity index (χ1n) is 5.35. The van der Waals surface area contributed by atoms with Crippen LogP contribution in [0.5, 0.6) is 0 Å². The van der Waals surface area contributed by atoms with Gasteiger partial charge in [0.1, 0.15) is 0 Å². The lowest BCUT2D eigenvalue weighted by Crippen LogP contribution is -2.15. The third kappa shape index (κ3) is 4.22. The van der Waals surface area contributed by atoms with Gasteiger partial charge in [0.05, 0.1) is 0 Å². The topological polar surface area (TPSA) is 38.0 Å². The van der Waals surface area contributed by atoms with Gasteiger partial charge in [-0.25, -0.2) is 0 Å². The number of unbranched alkanes of at least 4 members (excludes halogenated alkanes) is 1. The Labute approximate surface area is 90.5 Å². The molecule has 0 spiro atoms. The molecular formula is C11H20N2S. The molecule has 1 aromatic heterocycles. The second-order valence-corrected chi connectivity index (χ2v) is 4.65. The smallest absolute Gasteiger partial charge is 0.0299 e. The highest BCUT2D eigenvalue weighted by atomic mass is 32.1. The Balaban J connectivity index is 2.12. The van der Waals surface area contributed by atoms with Crippen LogP contribution in [0.3, 0.4) is 0 Å². The summed E-state index contributed by atoms with van der Waals surface area (Å²) in [6.07, 6.45) is 3.46. The Morgan fingerprint density at radius 3 is 2.71 bits per heavy atom. The zero-order chi connectivity index (χ0) is 10.2. The number of hydrogen-bond acceptors (Lipinski definition) is 3. The van der Waals surface area contributed by atoms with Crippen molar-refractivity contribution in [2.45, 2.75) is 32.7 Å². The van der Waals surface area contributed by atoms with Crippen molar-refractivity contribution in [1.82, 2.24) is 5.32 Å². The Bertz CT molecular complexity index is 245. The Kier molecular flexibility index (Phi) is 5.83. The van der Waals surface area contributed by atoms with E-state index < -0.39 is 0 Å². The van der Waals surface area contributed by atoms with Crippen molar-refractivity contribution in [2.75, 3.05) is 13.1 Å². The molecule has 14 heavy (non-hydrogen) atoms. The van der Waals surface area contributed by atoms with Gasteiger partial charge in [-0.2, -0.15) is 0 Å². The summed E-state index contributed by atoms with van der Waals surface area (Å²) in [5.41, 5.74) is 5.42. The van der Waals surface area contributed by atoms with Crippen LogP contribution in [0.2, 0.25) is 0 Å². The first kappa shape index (κ1) is 11.7. The van der Waals surface area contributed by atoms with Gasteiger partial charge in [-0.1, -0.05) is 6.92 Å². The Morgan fingerprint density at radius 2 is 2.07 bits per heavy atom. The molecule has 0 fully saturated rings. The first-order chi connectivity index (χ1) is 6.86. The molecule has 80 valence electrons. The highest BCUT2D eigenvalue weighted by Crippen LogP contribution is 2.16. The molecule has 0 aromatic carbocycles. The second kappa shape index (κ2) is 6.98. The Morgan fingerprint density at radius 1 is 1.29 bits per heavy atom. The van der Waals surface area contributed by atoms with Crippen molar-refractivity contribution in [3.05, 3.63) is 21.9 Å². The molecule has 0 aliphatic carbocycles. The van der Waals surface area contributed by atoms with E-state index in [1.165, 1.54) is 16.2 Å². The normalized spacial score (nSPS) is 10.7. The van der Waals surface area contributed by atoms with Crippen LogP contribution in [-0.4, -0.2) is 13.1 Å². The molecule has 1 heterocycles. The van der Waals surface area contributed by atoms with Crippen molar-refractivity contribution in [1.29, 1.82) is 0 Å². The molecule has 0 amide bonds. The largest absolute Gasteiger partial charge is 0.330 e. The predicted molar refractivity (Wildman–Crippen MR) is 63.7 cm³/mol. The van der Waals surface area contributed by atoms with Crippen LogP contribution in [0, 0.1) is 0 Å². The van der Waals surface area contributed by atoms with E-state index >= 15 is 0 Å². The van der Waals surface area contributed by atoms with Crippen molar-refractivity contribution in [3.8, 4) is 0 Å². The quantitative estimate of drug-likeness (QED) is 0.680. The zero-order valence-corrected chi connectivity index (χ0v) is 9.70. The van der Waals surface area contributed by atoms with Crippen molar-refractivity contribution < 1.29 is 0 Å². The summed E-state index contributed by atoms with van der Waals surface area (Å²) in [4.78, 5) is 2.92. The fraction of sp³-hybridized carbons (Fsp3) is 0.636. The number of thiophene rings is 1. The third-order valence-corrected chi connectivity index (χ3v) is 3.40. The van der Waals surface area contributed by atoms with E-state index in [1.807, 2.05) is 11.3 Å². The minimum atomic E-state index is 0.806. The Hall–Kier alpha value is -0.380. The maximum Gasteiger partial charge on any atom is 0.0299 e. The van der Waals surface area contributed by atoms with Crippen LogP contribution in [0.4, 0.5) is 0 Å². The van der Waals surface area contributed by atoms with Gasteiger partial charge in [-0.05, 0) is 44.5 Å². The minimum absolute atomic E-state index is 0.806. The molecule has 2 nitrogen and oxygen atoms in total. The fourth-order valence-electron chi connectivity index (χ4n) is 1.31. The van der Waals surface area contributed by atoms with Gasteiger partial charge < -0.3 is 11.1 Å². The maximum absolute atomic E-state index is 5.42. The van der Waals surface area contributed by atoms with Crippen LogP contribution in [0.1, 0.15) is 29.5 Å². The summed E-state index contributed by atoms with van der Waals surface area (Å²) in [7, 11) is 0. The number of aryl methyl sites for hydroxylation is 1. The van der Waals surface area contributed by atoms with E-state index in [9.17, 15) is 0 Å². The molecule has 1 rings (SSSR count). The molecule has 0 bridgehead atoms. The average Bonchev–Trinajstić information content (AvgIpc) is 2.65. The van der Waals surface area contributed by atoms with E-state index in [1.54, 1.807) is 0 Å². The van der Waals surface area contributed by atoms with Gasteiger partial charge in [0.25, 0.3) is 0 Å². The number of rotatable bonds is 7. The first-order valence-corrected chi connectivity index (χ1v) is 6.16. The van der Waals surface area contributed by atoms with Gasteiger partial charge in [0.15, 0.2) is 0 Å². The van der Waals surface area contributed by atoms with Gasteiger partial charge >= 0.3 is 0 Å². The van der Waals surface area contributed by atoms with E-state index in [-0.39, 0.29) is 0 Å². The molecule has 0 unspecified atom stereocenters. The van der Waals surface area contributed by atoms with Gasteiger partial charge in [0, 0.05) is 16.3 Å². The van der Waals surface area contributed by atoms with Crippen LogP contribution in [-0.2, 0) is 13.0 Å². The second-order valence-electron chi connectivity index (χ2n) is 3.39. The molecule has 0 saturated heterocycles. The molecular weight excluding hydrogens is 192 g/mol. The van der Waals surface area contributed by atoms with Gasteiger partial charge in [0.2, 0.25) is 0 Å². The van der Waals surface area contributed by atoms with Gasteiger partial charge in [-0.15, -0.1) is 11.3 Å². The fourth-order valence-corrected chi connectivity index (χ4v) is 2.24. The standard InChI is InChI=1S/C11H20N2S/c1-2-10-5-6-11(14-10)9-13-8-4-3-7-12/h5-6,13H,2-4,7-9,12H2,1H3. The molecule has 3 N–H and O–H groups in total. The van der Waals surface area contributed by atoms with Crippen molar-refractivity contribution in [3.63, 3.8) is 0 Å². The van der Waals surface area contributed by atoms with E-state index in [4.69, 9.17) is 5.73 Å². The minimum Gasteiger partial charge on any atom is -0.330 e. The highest BCUT2D eigenvalue weighted by molar-refractivity contribution is 7.11. The molecule has 0 radical (unpaired) electrons.